The van der Waals surface area contributed by atoms with Crippen molar-refractivity contribution in [3.63, 3.8) is 0 Å². The minimum atomic E-state index is -1.29. The summed E-state index contributed by atoms with van der Waals surface area (Å²) in [7, 11) is 0. The number of halogens is 7. The number of rotatable bonds is 4. The van der Waals surface area contributed by atoms with Crippen LogP contribution in [0.3, 0.4) is 0 Å². The van der Waals surface area contributed by atoms with Crippen LogP contribution in [0.15, 0.2) is 46.9 Å². The number of carbonyl (C=O) groups excluding carboxylic acids is 2. The number of imide groups is 1. The first kappa shape index (κ1) is 24.5. The molecule has 166 valence electrons. The fourth-order valence-corrected chi connectivity index (χ4v) is 3.95. The minimum absolute atomic E-state index is 0.00295. The van der Waals surface area contributed by atoms with E-state index in [0.29, 0.717) is 15.2 Å². The van der Waals surface area contributed by atoms with Gasteiger partial charge in [0.2, 0.25) is 0 Å². The largest absolute Gasteiger partial charge is 0.453 e. The average Bonchev–Trinajstić information content (AvgIpc) is 2.70. The van der Waals surface area contributed by atoms with Crippen molar-refractivity contribution in [1.82, 2.24) is 5.32 Å². The molecule has 0 unspecified atom stereocenters. The summed E-state index contributed by atoms with van der Waals surface area (Å²) in [6.07, 6.45) is 0. The number of benzene rings is 3. The Bertz CT molecular complexity index is 1220. The van der Waals surface area contributed by atoms with E-state index in [9.17, 15) is 18.4 Å². The van der Waals surface area contributed by atoms with Gasteiger partial charge < -0.3 is 10.1 Å². The highest BCUT2D eigenvalue weighted by molar-refractivity contribution is 9.10. The third kappa shape index (κ3) is 5.44. The molecule has 0 aliphatic rings. The highest BCUT2D eigenvalue weighted by atomic mass is 79.9. The fourth-order valence-electron chi connectivity index (χ4n) is 2.46. The second-order valence-electron chi connectivity index (χ2n) is 6.04. The first-order chi connectivity index (χ1) is 15.1. The van der Waals surface area contributed by atoms with Gasteiger partial charge in [0.05, 0.1) is 20.2 Å². The van der Waals surface area contributed by atoms with Crippen LogP contribution in [0.1, 0.15) is 10.4 Å². The van der Waals surface area contributed by atoms with Crippen LogP contribution in [-0.4, -0.2) is 11.9 Å². The van der Waals surface area contributed by atoms with Crippen molar-refractivity contribution in [3.8, 4) is 11.5 Å². The molecule has 12 heteroatoms. The van der Waals surface area contributed by atoms with Gasteiger partial charge in [-0.05, 0) is 52.3 Å². The lowest BCUT2D eigenvalue weighted by atomic mass is 10.2. The number of carbonyl (C=O) groups is 2. The topological polar surface area (TPSA) is 67.4 Å². The lowest BCUT2D eigenvalue weighted by Gasteiger charge is -2.15. The van der Waals surface area contributed by atoms with Crippen molar-refractivity contribution in [1.29, 1.82) is 0 Å². The molecule has 0 aromatic heterocycles. The van der Waals surface area contributed by atoms with E-state index >= 15 is 0 Å². The Hall–Kier alpha value is -2.10. The van der Waals surface area contributed by atoms with Gasteiger partial charge in [-0.25, -0.2) is 13.6 Å². The maximum atomic E-state index is 13.7. The van der Waals surface area contributed by atoms with Crippen LogP contribution >= 0.6 is 62.3 Å². The highest BCUT2D eigenvalue weighted by Crippen LogP contribution is 2.46. The molecular weight excluding hydrogens is 576 g/mol. The van der Waals surface area contributed by atoms with Gasteiger partial charge in [-0.15, -0.1) is 0 Å². The standard InChI is InChI=1S/C20H9BrCl4F2N2O3/c21-9-6-8(22)4-5-14(9)32-18-10(23)7-13(16(24)17(18)25)28-20(31)29-19(30)15-11(26)2-1-3-12(15)27/h1-7H,(H2,28,29,30,31). The molecule has 3 rings (SSSR count). The van der Waals surface area contributed by atoms with E-state index in [0.717, 1.165) is 18.2 Å². The van der Waals surface area contributed by atoms with Crippen molar-refractivity contribution in [2.75, 3.05) is 5.32 Å². The number of anilines is 1. The molecule has 5 nitrogen and oxygen atoms in total. The lowest BCUT2D eigenvalue weighted by molar-refractivity contribution is 0.0959. The quantitative estimate of drug-likeness (QED) is 0.305. The number of ether oxygens (including phenoxy) is 1. The van der Waals surface area contributed by atoms with E-state index in [4.69, 9.17) is 51.1 Å². The van der Waals surface area contributed by atoms with Gasteiger partial charge in [0.15, 0.2) is 5.75 Å². The molecule has 0 saturated carbocycles. The summed E-state index contributed by atoms with van der Waals surface area (Å²) in [5.41, 5.74) is -0.995. The van der Waals surface area contributed by atoms with E-state index < -0.39 is 29.1 Å². The Morgan fingerprint density at radius 1 is 0.938 bits per heavy atom. The van der Waals surface area contributed by atoms with E-state index in [1.807, 2.05) is 0 Å². The Morgan fingerprint density at radius 2 is 1.59 bits per heavy atom. The predicted molar refractivity (Wildman–Crippen MR) is 124 cm³/mol. The van der Waals surface area contributed by atoms with Gasteiger partial charge in [-0.3, -0.25) is 10.1 Å². The normalized spacial score (nSPS) is 10.6. The van der Waals surface area contributed by atoms with Crippen molar-refractivity contribution in [3.05, 3.63) is 84.2 Å². The first-order valence-electron chi connectivity index (χ1n) is 8.45. The third-order valence-electron chi connectivity index (χ3n) is 3.89. The van der Waals surface area contributed by atoms with Crippen molar-refractivity contribution in [2.45, 2.75) is 0 Å². The lowest BCUT2D eigenvalue weighted by Crippen LogP contribution is -2.35. The molecule has 0 radical (unpaired) electrons. The maximum absolute atomic E-state index is 13.7. The van der Waals surface area contributed by atoms with E-state index in [1.54, 1.807) is 23.5 Å². The zero-order chi connectivity index (χ0) is 23.6. The van der Waals surface area contributed by atoms with Gasteiger partial charge in [0, 0.05) is 5.02 Å². The number of nitrogens with one attached hydrogen (secondary N) is 2. The van der Waals surface area contributed by atoms with Crippen LogP contribution in [0.25, 0.3) is 0 Å². The molecule has 0 aliphatic heterocycles. The first-order valence-corrected chi connectivity index (χ1v) is 10.8. The fraction of sp³-hybridized carbons (Fsp3) is 0. The molecule has 0 spiro atoms. The van der Waals surface area contributed by atoms with Crippen molar-refractivity contribution >= 4 is 80.0 Å². The molecule has 0 aliphatic carbocycles. The Kier molecular flexibility index (Phi) is 7.84. The summed E-state index contributed by atoms with van der Waals surface area (Å²) in [6, 6.07) is 7.69. The van der Waals surface area contributed by atoms with Crippen molar-refractivity contribution < 1.29 is 23.1 Å². The van der Waals surface area contributed by atoms with Gasteiger partial charge in [0.25, 0.3) is 5.91 Å². The molecule has 3 aromatic rings. The third-order valence-corrected chi connectivity index (χ3v) is 5.87. The summed E-state index contributed by atoms with van der Waals surface area (Å²) in [6.45, 7) is 0. The van der Waals surface area contributed by atoms with Crippen LogP contribution in [0.2, 0.25) is 20.1 Å². The monoisotopic (exact) mass is 582 g/mol. The zero-order valence-corrected chi connectivity index (χ0v) is 20.0. The number of urea groups is 1. The Morgan fingerprint density at radius 3 is 2.22 bits per heavy atom. The Balaban J connectivity index is 1.80. The molecular formula is C20H9BrCl4F2N2O3. The van der Waals surface area contributed by atoms with Crippen LogP contribution in [0.5, 0.6) is 11.5 Å². The smallest absolute Gasteiger partial charge is 0.326 e. The highest BCUT2D eigenvalue weighted by Gasteiger charge is 2.22. The summed E-state index contributed by atoms with van der Waals surface area (Å²) in [5, 5.41) is 4.19. The number of hydrogen-bond donors (Lipinski definition) is 2. The minimum Gasteiger partial charge on any atom is -0.453 e. The number of amides is 3. The summed E-state index contributed by atoms with van der Waals surface area (Å²) >= 11 is 27.9. The molecule has 32 heavy (non-hydrogen) atoms. The molecule has 0 fully saturated rings. The van der Waals surface area contributed by atoms with Gasteiger partial charge in [-0.1, -0.05) is 52.5 Å². The second kappa shape index (κ2) is 10.2. The van der Waals surface area contributed by atoms with Crippen LogP contribution in [0, 0.1) is 11.6 Å². The molecule has 0 atom stereocenters. The summed E-state index contributed by atoms with van der Waals surface area (Å²) in [4.78, 5) is 24.2. The summed E-state index contributed by atoms with van der Waals surface area (Å²) in [5.74, 6) is -3.22. The molecule has 2 N–H and O–H groups in total. The Labute approximate surface area is 208 Å². The van der Waals surface area contributed by atoms with Gasteiger partial charge in [-0.2, -0.15) is 0 Å². The molecule has 3 amide bonds. The summed E-state index contributed by atoms with van der Waals surface area (Å²) < 4.78 is 33.6. The molecule has 0 saturated heterocycles. The average molecular weight is 585 g/mol. The van der Waals surface area contributed by atoms with E-state index in [1.165, 1.54) is 6.07 Å². The van der Waals surface area contributed by atoms with Crippen LogP contribution < -0.4 is 15.4 Å². The second-order valence-corrected chi connectivity index (χ2v) is 8.50. The van der Waals surface area contributed by atoms with E-state index in [2.05, 4.69) is 21.2 Å². The SMILES string of the molecule is O=C(NC(=O)c1c(F)cccc1F)Nc1cc(Cl)c(Oc2ccc(Cl)cc2Br)c(Cl)c1Cl. The van der Waals surface area contributed by atoms with Gasteiger partial charge >= 0.3 is 6.03 Å². The predicted octanol–water partition coefficient (Wildman–Crippen LogP) is 8.10. The van der Waals surface area contributed by atoms with E-state index in [-0.39, 0.29) is 26.5 Å². The van der Waals surface area contributed by atoms with Crippen molar-refractivity contribution in [2.24, 2.45) is 0 Å². The number of hydrogen-bond acceptors (Lipinski definition) is 3. The molecule has 3 aromatic carbocycles. The molecule has 0 heterocycles. The zero-order valence-electron chi connectivity index (χ0n) is 15.4. The van der Waals surface area contributed by atoms with Gasteiger partial charge in [0.1, 0.15) is 28.0 Å². The maximum Gasteiger partial charge on any atom is 0.326 e. The molecule has 0 bridgehead atoms. The van der Waals surface area contributed by atoms with Crippen LogP contribution in [0.4, 0.5) is 19.3 Å². The van der Waals surface area contributed by atoms with Crippen LogP contribution in [-0.2, 0) is 0 Å².